The predicted octanol–water partition coefficient (Wildman–Crippen LogP) is -0.518. The molecule has 3 heterocycles. The first-order valence-corrected chi connectivity index (χ1v) is 12.7. The fourth-order valence-electron chi connectivity index (χ4n) is 3.80. The summed E-state index contributed by atoms with van der Waals surface area (Å²) in [4.78, 5) is 44.2. The van der Waals surface area contributed by atoms with E-state index in [4.69, 9.17) is 19.4 Å². The standard InChI is InChI=1S/C16H21N5O12P2/c1-16(24)13(22)11(6-31-35(28,29)33-34(25,26)27)32-15(16)21-5-8-9(20-30-2)3-7-12(8)10(19-21)4-17-18-14(7)23/h3-5,11,13,15,20,22,24H,6H2,1-2H3,(H,18,23)(H,28,29)(H2,25,26,27)/t11-,13-,15-,16-/m1/s1. The Morgan fingerprint density at radius 1 is 1.31 bits per heavy atom. The molecule has 35 heavy (non-hydrogen) atoms. The Morgan fingerprint density at radius 2 is 2.03 bits per heavy atom. The summed E-state index contributed by atoms with van der Waals surface area (Å²) in [6, 6.07) is 1.51. The van der Waals surface area contributed by atoms with Gasteiger partial charge in [-0.15, -0.1) is 0 Å². The molecule has 3 aromatic rings. The minimum absolute atomic E-state index is 0.212. The van der Waals surface area contributed by atoms with Crippen molar-refractivity contribution in [1.82, 2.24) is 20.0 Å². The molecule has 1 aromatic carbocycles. The van der Waals surface area contributed by atoms with Crippen LogP contribution >= 0.6 is 15.6 Å². The molecule has 1 aliphatic heterocycles. The summed E-state index contributed by atoms with van der Waals surface area (Å²) < 4.78 is 37.6. The molecule has 192 valence electrons. The van der Waals surface area contributed by atoms with E-state index in [1.807, 2.05) is 0 Å². The lowest BCUT2D eigenvalue weighted by molar-refractivity contribution is -0.102. The van der Waals surface area contributed by atoms with Crippen LogP contribution in [0.4, 0.5) is 5.69 Å². The Hall–Kier alpha value is -2.27. The molecule has 5 atom stereocenters. The van der Waals surface area contributed by atoms with Crippen molar-refractivity contribution in [3.63, 3.8) is 0 Å². The van der Waals surface area contributed by atoms with Crippen molar-refractivity contribution in [3.8, 4) is 0 Å². The summed E-state index contributed by atoms with van der Waals surface area (Å²) in [5.74, 6) is 0. The first kappa shape index (κ1) is 25.8. The van der Waals surface area contributed by atoms with E-state index in [1.54, 1.807) is 0 Å². The van der Waals surface area contributed by atoms with Crippen molar-refractivity contribution in [3.05, 3.63) is 28.8 Å². The van der Waals surface area contributed by atoms with Gasteiger partial charge in [-0.05, 0) is 13.0 Å². The number of phosphoric ester groups is 1. The van der Waals surface area contributed by atoms with Crippen LogP contribution in [0.15, 0.2) is 23.3 Å². The highest BCUT2D eigenvalue weighted by Crippen LogP contribution is 2.58. The lowest BCUT2D eigenvalue weighted by Crippen LogP contribution is -2.44. The first-order valence-electron chi connectivity index (χ1n) is 9.72. The topological polar surface area (TPSA) is 248 Å². The van der Waals surface area contributed by atoms with Crippen LogP contribution in [0.1, 0.15) is 13.2 Å². The van der Waals surface area contributed by atoms with E-state index < -0.39 is 51.8 Å². The van der Waals surface area contributed by atoms with Crippen LogP contribution in [0.2, 0.25) is 0 Å². The number of nitrogens with one attached hydrogen (secondary N) is 2. The largest absolute Gasteiger partial charge is 0.481 e. The molecule has 2 aromatic heterocycles. The normalized spacial score (nSPS) is 26.9. The minimum Gasteiger partial charge on any atom is -0.387 e. The van der Waals surface area contributed by atoms with Gasteiger partial charge in [-0.3, -0.25) is 19.6 Å². The molecule has 4 rings (SSSR count). The van der Waals surface area contributed by atoms with E-state index in [0.29, 0.717) is 16.5 Å². The monoisotopic (exact) mass is 537 g/mol. The second-order valence-corrected chi connectivity index (χ2v) is 10.6. The van der Waals surface area contributed by atoms with E-state index >= 15 is 0 Å². The van der Waals surface area contributed by atoms with E-state index in [1.165, 1.54) is 32.5 Å². The smallest absolute Gasteiger partial charge is 0.387 e. The molecule has 0 saturated carbocycles. The van der Waals surface area contributed by atoms with Crippen molar-refractivity contribution >= 4 is 43.0 Å². The third kappa shape index (κ3) is 5.02. The molecule has 1 saturated heterocycles. The summed E-state index contributed by atoms with van der Waals surface area (Å²) in [5, 5.41) is 33.1. The first-order chi connectivity index (χ1) is 16.2. The molecule has 17 nitrogen and oxygen atoms in total. The molecule has 1 fully saturated rings. The zero-order chi connectivity index (χ0) is 25.8. The predicted molar refractivity (Wildman–Crippen MR) is 116 cm³/mol. The average Bonchev–Trinajstić information content (AvgIpc) is 3.14. The van der Waals surface area contributed by atoms with E-state index in [2.05, 4.69) is 29.6 Å². The number of hydrogen-bond acceptors (Lipinski definition) is 12. The van der Waals surface area contributed by atoms with Gasteiger partial charge < -0.3 is 29.6 Å². The number of H-pyrrole nitrogens is 1. The summed E-state index contributed by atoms with van der Waals surface area (Å²) in [7, 11) is -9.21. The third-order valence-corrected chi connectivity index (χ3v) is 7.43. The molecule has 0 aliphatic carbocycles. The summed E-state index contributed by atoms with van der Waals surface area (Å²) in [6.45, 7) is 0.335. The molecule has 0 amide bonds. The quantitative estimate of drug-likeness (QED) is 0.141. The number of anilines is 1. The van der Waals surface area contributed by atoms with Gasteiger partial charge >= 0.3 is 15.6 Å². The second-order valence-electron chi connectivity index (χ2n) is 7.79. The molecule has 0 spiro atoms. The summed E-state index contributed by atoms with van der Waals surface area (Å²) >= 11 is 0. The van der Waals surface area contributed by atoms with Gasteiger partial charge in [0.1, 0.15) is 23.3 Å². The molecule has 7 N–H and O–H groups in total. The maximum atomic E-state index is 12.3. The number of ether oxygens (including phenoxy) is 1. The highest BCUT2D eigenvalue weighted by molar-refractivity contribution is 7.60. The van der Waals surface area contributed by atoms with Crippen LogP contribution in [-0.2, 0) is 27.5 Å². The van der Waals surface area contributed by atoms with Crippen molar-refractivity contribution < 1.29 is 52.4 Å². The van der Waals surface area contributed by atoms with Crippen molar-refractivity contribution in [2.75, 3.05) is 19.2 Å². The van der Waals surface area contributed by atoms with Gasteiger partial charge in [0.25, 0.3) is 5.56 Å². The third-order valence-electron chi connectivity index (χ3n) is 5.27. The number of rotatable bonds is 8. The van der Waals surface area contributed by atoms with Gasteiger partial charge in [0, 0.05) is 17.0 Å². The van der Waals surface area contributed by atoms with Gasteiger partial charge in [-0.2, -0.15) is 14.5 Å². The van der Waals surface area contributed by atoms with Crippen molar-refractivity contribution in [1.29, 1.82) is 0 Å². The lowest BCUT2D eigenvalue weighted by atomic mass is 9.97. The molecule has 0 bridgehead atoms. The molecular weight excluding hydrogens is 516 g/mol. The van der Waals surface area contributed by atoms with Gasteiger partial charge in [0.15, 0.2) is 6.23 Å². The fraction of sp³-hybridized carbons (Fsp3) is 0.438. The van der Waals surface area contributed by atoms with Crippen LogP contribution in [-0.4, -0.2) is 76.4 Å². The molecule has 1 unspecified atom stereocenters. The number of aromatic amines is 1. The number of aromatic nitrogens is 4. The Labute approximate surface area is 195 Å². The zero-order valence-electron chi connectivity index (χ0n) is 18.0. The van der Waals surface area contributed by atoms with Gasteiger partial charge in [0.2, 0.25) is 0 Å². The molecule has 0 radical (unpaired) electrons. The molecule has 19 heteroatoms. The average molecular weight is 537 g/mol. The summed E-state index contributed by atoms with van der Waals surface area (Å²) in [5.41, 5.74) is 0.712. The highest BCUT2D eigenvalue weighted by atomic mass is 31.3. The van der Waals surface area contributed by atoms with Crippen LogP contribution in [0.25, 0.3) is 21.7 Å². The lowest BCUT2D eigenvalue weighted by Gasteiger charge is -2.27. The maximum absolute atomic E-state index is 12.3. The minimum atomic E-state index is -5.36. The van der Waals surface area contributed by atoms with E-state index in [0.717, 1.165) is 4.68 Å². The number of nitrogens with zero attached hydrogens (tertiary/aromatic N) is 3. The summed E-state index contributed by atoms with van der Waals surface area (Å²) in [6.07, 6.45) is -1.84. The molecule has 1 aliphatic rings. The van der Waals surface area contributed by atoms with E-state index in [9.17, 15) is 29.0 Å². The number of phosphoric acid groups is 2. The number of aliphatic hydroxyl groups is 2. The van der Waals surface area contributed by atoms with Gasteiger partial charge in [-0.1, -0.05) is 0 Å². The van der Waals surface area contributed by atoms with Crippen LogP contribution < -0.4 is 11.0 Å². The number of aliphatic hydroxyl groups excluding tert-OH is 1. The Kier molecular flexibility index (Phi) is 6.63. The molecular formula is C16H21N5O12P2. The van der Waals surface area contributed by atoms with Crippen LogP contribution in [0.3, 0.4) is 0 Å². The highest BCUT2D eigenvalue weighted by Gasteiger charge is 2.54. The Balaban J connectivity index is 1.71. The Morgan fingerprint density at radius 3 is 2.69 bits per heavy atom. The van der Waals surface area contributed by atoms with Crippen LogP contribution in [0, 0.1) is 0 Å². The number of hydrogen-bond donors (Lipinski definition) is 7. The van der Waals surface area contributed by atoms with Gasteiger partial charge in [0.05, 0.1) is 31.0 Å². The van der Waals surface area contributed by atoms with Crippen molar-refractivity contribution in [2.45, 2.75) is 31.0 Å². The van der Waals surface area contributed by atoms with Crippen molar-refractivity contribution in [2.24, 2.45) is 0 Å². The van der Waals surface area contributed by atoms with E-state index in [-0.39, 0.29) is 10.9 Å². The Bertz CT molecular complexity index is 1420. The SMILES string of the molecule is CONc1cc2c(=O)[nH]ncc3nn([C@@H]4O[C@H](COP(=O)(O)OP(=O)(O)O)[C@@H](O)[C@@]4(C)O)cc1c32. The van der Waals surface area contributed by atoms with Crippen LogP contribution in [0.5, 0.6) is 0 Å². The zero-order valence-corrected chi connectivity index (χ0v) is 19.8. The fourth-order valence-corrected chi connectivity index (χ4v) is 5.40. The van der Waals surface area contributed by atoms with Gasteiger partial charge in [-0.25, -0.2) is 18.9 Å². The maximum Gasteiger partial charge on any atom is 0.481 e. The second kappa shape index (κ2) is 8.99.